The lowest BCUT2D eigenvalue weighted by Gasteiger charge is -2.25. The Bertz CT molecular complexity index is 1270. The van der Waals surface area contributed by atoms with Crippen molar-refractivity contribution >= 4 is 17.4 Å². The van der Waals surface area contributed by atoms with Gasteiger partial charge < -0.3 is 19.3 Å². The molecular weight excluding hydrogens is 437 g/mol. The molecule has 1 N–H and O–H groups in total. The average Bonchev–Trinajstić information content (AvgIpc) is 3.53. The van der Waals surface area contributed by atoms with Gasteiger partial charge in [0.2, 0.25) is 0 Å². The summed E-state index contributed by atoms with van der Waals surface area (Å²) in [6.45, 7) is 2.86. The van der Waals surface area contributed by atoms with E-state index >= 15 is 0 Å². The number of hydrogen-bond donors (Lipinski definition) is 1. The van der Waals surface area contributed by atoms with Crippen LogP contribution in [0.5, 0.6) is 5.75 Å². The van der Waals surface area contributed by atoms with Crippen molar-refractivity contribution < 1.29 is 23.8 Å². The van der Waals surface area contributed by atoms with Crippen LogP contribution in [0.15, 0.2) is 66.8 Å². The van der Waals surface area contributed by atoms with Gasteiger partial charge in [-0.2, -0.15) is 0 Å². The number of nitrogens with zero attached hydrogens (tertiary/aromatic N) is 3. The number of carbonyl (C=O) groups is 2. The predicted octanol–water partition coefficient (Wildman–Crippen LogP) is 3.86. The first-order valence-electron chi connectivity index (χ1n) is 11.2. The monoisotopic (exact) mass is 461 g/mol. The molecule has 1 fully saturated rings. The fraction of sp³-hybridized carbons (Fsp3) is 0.269. The number of amides is 1. The molecule has 2 aromatic carbocycles. The van der Waals surface area contributed by atoms with Gasteiger partial charge in [0.15, 0.2) is 0 Å². The van der Waals surface area contributed by atoms with Gasteiger partial charge in [-0.1, -0.05) is 12.1 Å². The molecule has 0 radical (unpaired) electrons. The van der Waals surface area contributed by atoms with Gasteiger partial charge in [-0.3, -0.25) is 9.59 Å². The second kappa shape index (κ2) is 8.78. The van der Waals surface area contributed by atoms with E-state index in [0.717, 1.165) is 11.3 Å². The highest BCUT2D eigenvalue weighted by Gasteiger charge is 2.45. The van der Waals surface area contributed by atoms with Crippen LogP contribution in [0.25, 0.3) is 5.76 Å². The minimum absolute atomic E-state index is 0.00570. The van der Waals surface area contributed by atoms with Gasteiger partial charge >= 0.3 is 0 Å². The van der Waals surface area contributed by atoms with Crippen LogP contribution in [0.4, 0.5) is 4.39 Å². The number of likely N-dealkylation sites (tertiary alicyclic amines) is 1. The molecule has 0 saturated carbocycles. The van der Waals surface area contributed by atoms with Crippen LogP contribution < -0.4 is 4.74 Å². The zero-order valence-corrected chi connectivity index (χ0v) is 18.6. The molecule has 34 heavy (non-hydrogen) atoms. The summed E-state index contributed by atoms with van der Waals surface area (Å²) in [6, 6.07) is 10.1. The molecule has 0 bridgehead atoms. The molecule has 2 aliphatic rings. The Hall–Kier alpha value is -3.94. The third-order valence-corrected chi connectivity index (χ3v) is 6.27. The molecule has 3 heterocycles. The zero-order chi connectivity index (χ0) is 23.8. The number of fused-ring (bicyclic) bond motifs is 1. The second-order valence-corrected chi connectivity index (χ2v) is 8.65. The zero-order valence-electron chi connectivity index (χ0n) is 18.6. The first-order valence-corrected chi connectivity index (χ1v) is 11.2. The van der Waals surface area contributed by atoms with Crippen molar-refractivity contribution in [2.45, 2.75) is 38.5 Å². The molecule has 1 aromatic heterocycles. The fourth-order valence-corrected chi connectivity index (χ4v) is 4.67. The number of Topliss-reactive ketones (excluding diaryl/α,β-unsaturated/α-hetero) is 1. The Morgan fingerprint density at radius 1 is 1.18 bits per heavy atom. The Kier molecular flexibility index (Phi) is 5.65. The summed E-state index contributed by atoms with van der Waals surface area (Å²) >= 11 is 0. The summed E-state index contributed by atoms with van der Waals surface area (Å²) < 4.78 is 21.2. The quantitative estimate of drug-likeness (QED) is 0.342. The maximum absolute atomic E-state index is 13.6. The molecule has 2 atom stereocenters. The van der Waals surface area contributed by atoms with Crippen LogP contribution in [0.3, 0.4) is 0 Å². The smallest absolute Gasteiger partial charge is 0.295 e. The number of carbonyl (C=O) groups excluding carboxylic acids is 2. The Morgan fingerprint density at radius 2 is 1.97 bits per heavy atom. The third kappa shape index (κ3) is 3.96. The van der Waals surface area contributed by atoms with E-state index in [1.54, 1.807) is 42.9 Å². The number of ketones is 1. The highest BCUT2D eigenvalue weighted by atomic mass is 19.1. The van der Waals surface area contributed by atoms with E-state index in [1.807, 2.05) is 17.7 Å². The number of aliphatic hydroxyl groups excluding tert-OH is 1. The summed E-state index contributed by atoms with van der Waals surface area (Å²) in [5.41, 5.74) is 1.94. The molecule has 0 spiro atoms. The van der Waals surface area contributed by atoms with E-state index in [4.69, 9.17) is 4.74 Å². The van der Waals surface area contributed by atoms with Gasteiger partial charge in [-0.15, -0.1) is 0 Å². The summed E-state index contributed by atoms with van der Waals surface area (Å²) in [5.74, 6) is -1.35. The minimum atomic E-state index is -0.813. The predicted molar refractivity (Wildman–Crippen MR) is 122 cm³/mol. The lowest BCUT2D eigenvalue weighted by molar-refractivity contribution is -0.139. The minimum Gasteiger partial charge on any atom is -0.507 e. The average molecular weight is 461 g/mol. The summed E-state index contributed by atoms with van der Waals surface area (Å²) in [5, 5.41) is 11.2. The van der Waals surface area contributed by atoms with Gasteiger partial charge in [0.25, 0.3) is 11.7 Å². The summed E-state index contributed by atoms with van der Waals surface area (Å²) in [7, 11) is 0. The molecule has 174 valence electrons. The number of halogens is 1. The van der Waals surface area contributed by atoms with Gasteiger partial charge in [0, 0.05) is 37.5 Å². The van der Waals surface area contributed by atoms with Gasteiger partial charge in [0.1, 0.15) is 23.4 Å². The normalized spacial score (nSPS) is 21.1. The van der Waals surface area contributed by atoms with Crippen LogP contribution in [0, 0.1) is 5.82 Å². The Balaban J connectivity index is 1.52. The van der Waals surface area contributed by atoms with Crippen molar-refractivity contribution in [2.24, 2.45) is 0 Å². The van der Waals surface area contributed by atoms with Crippen molar-refractivity contribution in [3.63, 3.8) is 0 Å². The van der Waals surface area contributed by atoms with Crippen LogP contribution in [-0.4, -0.2) is 43.9 Å². The van der Waals surface area contributed by atoms with E-state index in [0.29, 0.717) is 30.5 Å². The standard InChI is InChI=1S/C26H24FN3O4/c1-16-13-19-14-18(5-8-21(19)34-16)24(31)22-23(17-3-6-20(27)7-4-17)30(26(33)25(22)32)11-2-10-29-12-9-28-15-29/h3-9,12,14-16,23,31H,2,10-11,13H2,1H3/b24-22+/t16-,23-/m0/s1. The van der Waals surface area contributed by atoms with E-state index in [2.05, 4.69) is 4.98 Å². The highest BCUT2D eigenvalue weighted by molar-refractivity contribution is 6.46. The Labute approximate surface area is 196 Å². The van der Waals surface area contributed by atoms with Gasteiger partial charge in [0.05, 0.1) is 17.9 Å². The molecule has 1 amide bonds. The lowest BCUT2D eigenvalue weighted by atomic mass is 9.94. The lowest BCUT2D eigenvalue weighted by Crippen LogP contribution is -2.31. The number of ether oxygens (including phenoxy) is 1. The molecule has 7 nitrogen and oxygen atoms in total. The Morgan fingerprint density at radius 3 is 2.71 bits per heavy atom. The number of rotatable bonds is 6. The first-order chi connectivity index (χ1) is 16.4. The van der Waals surface area contributed by atoms with E-state index in [-0.39, 0.29) is 24.0 Å². The van der Waals surface area contributed by atoms with Gasteiger partial charge in [-0.25, -0.2) is 9.37 Å². The number of aromatic nitrogens is 2. The van der Waals surface area contributed by atoms with Crippen LogP contribution >= 0.6 is 0 Å². The highest BCUT2D eigenvalue weighted by Crippen LogP contribution is 2.40. The molecule has 2 aliphatic heterocycles. The number of imidazole rings is 1. The van der Waals surface area contributed by atoms with Crippen molar-refractivity contribution in [3.8, 4) is 5.75 Å². The topological polar surface area (TPSA) is 84.7 Å². The summed E-state index contributed by atoms with van der Waals surface area (Å²) in [6.07, 6.45) is 6.49. The number of aryl methyl sites for hydroxylation is 1. The maximum Gasteiger partial charge on any atom is 0.295 e. The molecule has 0 aliphatic carbocycles. The second-order valence-electron chi connectivity index (χ2n) is 8.65. The molecule has 3 aromatic rings. The summed E-state index contributed by atoms with van der Waals surface area (Å²) in [4.78, 5) is 31.6. The SMILES string of the molecule is C[C@H]1Cc2cc(/C(O)=C3\C(=O)C(=O)N(CCCn4ccnc4)[C@H]3c3ccc(F)cc3)ccc2O1. The fourth-order valence-electron chi connectivity index (χ4n) is 4.67. The largest absolute Gasteiger partial charge is 0.507 e. The molecule has 1 saturated heterocycles. The van der Waals surface area contributed by atoms with Crippen molar-refractivity contribution in [1.82, 2.24) is 14.5 Å². The van der Waals surface area contributed by atoms with E-state index < -0.39 is 23.5 Å². The molecule has 5 rings (SSSR count). The van der Waals surface area contributed by atoms with Crippen LogP contribution in [-0.2, 0) is 22.6 Å². The first kappa shape index (κ1) is 21.9. The van der Waals surface area contributed by atoms with Crippen molar-refractivity contribution in [3.05, 3.63) is 89.3 Å². The van der Waals surface area contributed by atoms with E-state index in [9.17, 15) is 19.1 Å². The van der Waals surface area contributed by atoms with E-state index in [1.165, 1.54) is 17.0 Å². The molecular formula is C26H24FN3O4. The molecule has 8 heteroatoms. The van der Waals surface area contributed by atoms with Gasteiger partial charge in [-0.05, 0) is 54.8 Å². The third-order valence-electron chi connectivity index (χ3n) is 6.27. The van der Waals surface area contributed by atoms with Crippen molar-refractivity contribution in [1.29, 1.82) is 0 Å². The number of benzene rings is 2. The van der Waals surface area contributed by atoms with Crippen LogP contribution in [0.2, 0.25) is 0 Å². The maximum atomic E-state index is 13.6. The van der Waals surface area contributed by atoms with Crippen molar-refractivity contribution in [2.75, 3.05) is 6.54 Å². The number of aliphatic hydroxyl groups is 1. The number of hydrogen-bond acceptors (Lipinski definition) is 5. The molecule has 0 unspecified atom stereocenters. The van der Waals surface area contributed by atoms with Crippen LogP contribution in [0.1, 0.15) is 36.1 Å².